The second-order valence-corrected chi connectivity index (χ2v) is 7.51. The Morgan fingerprint density at radius 2 is 1.80 bits per heavy atom. The lowest BCUT2D eigenvalue weighted by molar-refractivity contribution is 0.0121. The molecular weight excluding hydrogens is 384 g/mol. The highest BCUT2D eigenvalue weighted by Crippen LogP contribution is 2.29. The molecule has 2 saturated heterocycles. The van der Waals surface area contributed by atoms with Gasteiger partial charge in [-0.1, -0.05) is 12.1 Å². The molecule has 0 aliphatic carbocycles. The van der Waals surface area contributed by atoms with Crippen LogP contribution in [-0.2, 0) is 11.3 Å². The Morgan fingerprint density at radius 1 is 1.03 bits per heavy atom. The summed E-state index contributed by atoms with van der Waals surface area (Å²) < 4.78 is 22.3. The number of benzene rings is 2. The van der Waals surface area contributed by atoms with Gasteiger partial charge in [-0.2, -0.15) is 0 Å². The Balaban J connectivity index is 1.36. The van der Waals surface area contributed by atoms with Gasteiger partial charge in [-0.25, -0.2) is 0 Å². The largest absolute Gasteiger partial charge is 0.497 e. The van der Waals surface area contributed by atoms with Gasteiger partial charge in [0, 0.05) is 38.3 Å². The Hall–Kier alpha value is -2.77. The molecule has 0 radical (unpaired) electrons. The molecule has 7 nitrogen and oxygen atoms in total. The molecule has 0 N–H and O–H groups in total. The van der Waals surface area contributed by atoms with E-state index in [4.69, 9.17) is 18.9 Å². The Morgan fingerprint density at radius 3 is 2.53 bits per heavy atom. The first-order valence-electron chi connectivity index (χ1n) is 10.2. The Bertz CT molecular complexity index is 876. The molecule has 4 rings (SSSR count). The number of morpholine rings is 1. The molecule has 2 aromatic rings. The molecule has 0 saturated carbocycles. The van der Waals surface area contributed by atoms with Crippen LogP contribution < -0.4 is 14.2 Å². The first-order valence-corrected chi connectivity index (χ1v) is 10.2. The summed E-state index contributed by atoms with van der Waals surface area (Å²) in [5.74, 6) is 2.32. The van der Waals surface area contributed by atoms with Gasteiger partial charge < -0.3 is 23.8 Å². The van der Waals surface area contributed by atoms with Crippen LogP contribution in [0, 0.1) is 0 Å². The molecule has 0 bridgehead atoms. The number of para-hydroxylation sites is 1. The van der Waals surface area contributed by atoms with Crippen LogP contribution in [0.1, 0.15) is 15.9 Å². The molecule has 2 fully saturated rings. The van der Waals surface area contributed by atoms with Crippen molar-refractivity contribution in [3.63, 3.8) is 0 Å². The lowest BCUT2D eigenvalue weighted by Crippen LogP contribution is -2.53. The molecule has 0 atom stereocenters. The number of hydrogen-bond acceptors (Lipinski definition) is 6. The number of likely N-dealkylation sites (tertiary alicyclic amines) is 1. The van der Waals surface area contributed by atoms with Crippen LogP contribution in [0.4, 0.5) is 0 Å². The van der Waals surface area contributed by atoms with Crippen molar-refractivity contribution in [1.82, 2.24) is 9.80 Å². The van der Waals surface area contributed by atoms with Gasteiger partial charge >= 0.3 is 0 Å². The summed E-state index contributed by atoms with van der Waals surface area (Å²) in [6, 6.07) is 13.3. The number of amides is 1. The minimum absolute atomic E-state index is 0.00574. The molecule has 30 heavy (non-hydrogen) atoms. The lowest BCUT2D eigenvalue weighted by atomic mass is 10.1. The van der Waals surface area contributed by atoms with Crippen molar-refractivity contribution in [2.24, 2.45) is 0 Å². The van der Waals surface area contributed by atoms with E-state index in [1.54, 1.807) is 14.2 Å². The summed E-state index contributed by atoms with van der Waals surface area (Å²) in [6.45, 7) is 4.75. The van der Waals surface area contributed by atoms with Gasteiger partial charge in [-0.05, 0) is 30.3 Å². The molecule has 1 amide bonds. The van der Waals surface area contributed by atoms with Gasteiger partial charge in [0.15, 0.2) is 0 Å². The average molecular weight is 412 g/mol. The van der Waals surface area contributed by atoms with E-state index in [-0.39, 0.29) is 12.0 Å². The van der Waals surface area contributed by atoms with Crippen molar-refractivity contribution >= 4 is 5.91 Å². The third-order valence-electron chi connectivity index (χ3n) is 5.51. The zero-order chi connectivity index (χ0) is 20.9. The summed E-state index contributed by atoms with van der Waals surface area (Å²) in [7, 11) is 3.34. The van der Waals surface area contributed by atoms with Crippen LogP contribution in [0.5, 0.6) is 17.2 Å². The predicted octanol–water partition coefficient (Wildman–Crippen LogP) is 2.44. The molecule has 0 spiro atoms. The third kappa shape index (κ3) is 4.52. The number of methoxy groups -OCH3 is 2. The number of rotatable bonds is 7. The van der Waals surface area contributed by atoms with E-state index >= 15 is 0 Å². The van der Waals surface area contributed by atoms with Crippen molar-refractivity contribution < 1.29 is 23.7 Å². The normalized spacial score (nSPS) is 17.3. The maximum Gasteiger partial charge on any atom is 0.257 e. The highest BCUT2D eigenvalue weighted by atomic mass is 16.5. The predicted molar refractivity (Wildman–Crippen MR) is 112 cm³/mol. The minimum atomic E-state index is 0.00574. The van der Waals surface area contributed by atoms with E-state index in [2.05, 4.69) is 4.90 Å². The maximum absolute atomic E-state index is 12.9. The third-order valence-corrected chi connectivity index (χ3v) is 5.51. The molecule has 2 aromatic carbocycles. The Kier molecular flexibility index (Phi) is 6.40. The minimum Gasteiger partial charge on any atom is -0.497 e. The zero-order valence-corrected chi connectivity index (χ0v) is 17.5. The average Bonchev–Trinajstić information content (AvgIpc) is 2.78. The second-order valence-electron chi connectivity index (χ2n) is 7.51. The van der Waals surface area contributed by atoms with Crippen molar-refractivity contribution in [1.29, 1.82) is 0 Å². The van der Waals surface area contributed by atoms with Gasteiger partial charge in [0.25, 0.3) is 5.91 Å². The quantitative estimate of drug-likeness (QED) is 0.696. The van der Waals surface area contributed by atoms with Gasteiger partial charge in [-0.3, -0.25) is 9.69 Å². The molecule has 2 heterocycles. The fraction of sp³-hybridized carbons (Fsp3) is 0.435. The Labute approximate surface area is 177 Å². The molecule has 7 heteroatoms. The summed E-state index contributed by atoms with van der Waals surface area (Å²) in [5, 5.41) is 0. The summed E-state index contributed by atoms with van der Waals surface area (Å²) >= 11 is 0. The van der Waals surface area contributed by atoms with Gasteiger partial charge in [0.2, 0.25) is 0 Å². The van der Waals surface area contributed by atoms with Crippen LogP contribution in [0.25, 0.3) is 0 Å². The van der Waals surface area contributed by atoms with Gasteiger partial charge in [0.05, 0.1) is 33.0 Å². The number of nitrogens with zero attached hydrogens (tertiary/aromatic N) is 2. The van der Waals surface area contributed by atoms with Crippen LogP contribution in [0.15, 0.2) is 42.5 Å². The molecule has 2 aliphatic rings. The number of carbonyl (C=O) groups is 1. The molecule has 0 unspecified atom stereocenters. The first kappa shape index (κ1) is 20.5. The smallest absolute Gasteiger partial charge is 0.257 e. The van der Waals surface area contributed by atoms with Crippen LogP contribution in [-0.4, -0.2) is 75.4 Å². The van der Waals surface area contributed by atoms with Crippen molar-refractivity contribution in [3.8, 4) is 17.2 Å². The highest BCUT2D eigenvalue weighted by Gasteiger charge is 2.31. The van der Waals surface area contributed by atoms with Gasteiger partial charge in [-0.15, -0.1) is 0 Å². The fourth-order valence-electron chi connectivity index (χ4n) is 3.83. The van der Waals surface area contributed by atoms with Crippen LogP contribution in [0.3, 0.4) is 0 Å². The van der Waals surface area contributed by atoms with Crippen LogP contribution in [0.2, 0.25) is 0 Å². The van der Waals surface area contributed by atoms with Crippen LogP contribution >= 0.6 is 0 Å². The summed E-state index contributed by atoms with van der Waals surface area (Å²) in [6.07, 6.45) is 0.0558. The standard InChI is InChI=1S/C23H28N2O5/c1-27-18-7-8-21(28-2)17(13-18)14-24-15-19(16-24)30-22-6-4-3-5-20(22)23(26)25-9-11-29-12-10-25/h3-8,13,19H,9-12,14-16H2,1-2H3. The second kappa shape index (κ2) is 9.36. The topological polar surface area (TPSA) is 60.5 Å². The fourth-order valence-corrected chi connectivity index (χ4v) is 3.83. The monoisotopic (exact) mass is 412 g/mol. The SMILES string of the molecule is COc1ccc(OC)c(CN2CC(Oc3ccccc3C(=O)N3CCOCC3)C2)c1. The number of ether oxygens (including phenoxy) is 4. The van der Waals surface area contributed by atoms with Crippen molar-refractivity contribution in [2.75, 3.05) is 53.6 Å². The molecule has 0 aromatic heterocycles. The number of carbonyl (C=O) groups excluding carboxylic acids is 1. The highest BCUT2D eigenvalue weighted by molar-refractivity contribution is 5.97. The summed E-state index contributed by atoms with van der Waals surface area (Å²) in [4.78, 5) is 17.0. The number of hydrogen-bond donors (Lipinski definition) is 0. The van der Waals surface area contributed by atoms with E-state index in [1.807, 2.05) is 47.4 Å². The molecule has 160 valence electrons. The summed E-state index contributed by atoms with van der Waals surface area (Å²) in [5.41, 5.74) is 1.70. The van der Waals surface area contributed by atoms with E-state index < -0.39 is 0 Å². The van der Waals surface area contributed by atoms with E-state index in [9.17, 15) is 4.79 Å². The first-order chi connectivity index (χ1) is 14.7. The molecular formula is C23H28N2O5. The molecule has 2 aliphatic heterocycles. The van der Waals surface area contributed by atoms with E-state index in [0.29, 0.717) is 37.6 Å². The van der Waals surface area contributed by atoms with Crippen molar-refractivity contribution in [2.45, 2.75) is 12.6 Å². The lowest BCUT2D eigenvalue weighted by Gasteiger charge is -2.39. The van der Waals surface area contributed by atoms with Crippen molar-refractivity contribution in [3.05, 3.63) is 53.6 Å². The zero-order valence-electron chi connectivity index (χ0n) is 17.5. The van der Waals surface area contributed by atoms with E-state index in [1.165, 1.54) is 0 Å². The maximum atomic E-state index is 12.9. The van der Waals surface area contributed by atoms with E-state index in [0.717, 1.165) is 36.7 Å². The van der Waals surface area contributed by atoms with Gasteiger partial charge in [0.1, 0.15) is 23.4 Å².